The molecule has 33 heavy (non-hydrogen) atoms. The van der Waals surface area contributed by atoms with E-state index in [2.05, 4.69) is 60.1 Å². The van der Waals surface area contributed by atoms with Crippen LogP contribution in [-0.2, 0) is 35.5 Å². The van der Waals surface area contributed by atoms with Crippen molar-refractivity contribution in [1.29, 1.82) is 0 Å². The van der Waals surface area contributed by atoms with Crippen LogP contribution in [0.4, 0.5) is 5.69 Å². The van der Waals surface area contributed by atoms with Gasteiger partial charge in [0.2, 0.25) is 0 Å². The summed E-state index contributed by atoms with van der Waals surface area (Å²) < 4.78 is 0. The molecular weight excluding hydrogens is 442 g/mol. The Morgan fingerprint density at radius 2 is 1.52 bits per heavy atom. The molecule has 3 rings (SSSR count). The minimum atomic E-state index is -1.08. The molecule has 0 saturated carbocycles. The van der Waals surface area contributed by atoms with Crippen molar-refractivity contribution in [2.24, 2.45) is 0 Å². The van der Waals surface area contributed by atoms with Gasteiger partial charge in [-0.2, -0.15) is 0 Å². The number of halogens is 1. The highest BCUT2D eigenvalue weighted by molar-refractivity contribution is 6.33. The first-order chi connectivity index (χ1) is 15.8. The van der Waals surface area contributed by atoms with Crippen molar-refractivity contribution >= 4 is 29.2 Å². The molecule has 0 aromatic heterocycles. The Morgan fingerprint density at radius 1 is 0.939 bits per heavy atom. The summed E-state index contributed by atoms with van der Waals surface area (Å²) in [7, 11) is 0. The van der Waals surface area contributed by atoms with E-state index in [9.17, 15) is 9.59 Å². The maximum atomic E-state index is 9.64. The molecule has 0 bridgehead atoms. The lowest BCUT2D eigenvalue weighted by Gasteiger charge is -2.16. The Kier molecular flexibility index (Phi) is 11.2. The number of hydrogen-bond acceptors (Lipinski definition) is 5. The maximum absolute atomic E-state index is 9.64. The topological polar surface area (TPSA) is 111 Å². The van der Waals surface area contributed by atoms with Crippen LogP contribution in [0.5, 0.6) is 0 Å². The smallest absolute Gasteiger partial charge is 0.303 e. The van der Waals surface area contributed by atoms with Crippen molar-refractivity contribution in [3.63, 3.8) is 0 Å². The van der Waals surface area contributed by atoms with E-state index in [-0.39, 0.29) is 12.8 Å². The van der Waals surface area contributed by atoms with Crippen molar-refractivity contribution in [2.75, 3.05) is 18.4 Å². The first-order valence-corrected chi connectivity index (χ1v) is 11.6. The molecule has 2 aromatic carbocycles. The summed E-state index contributed by atoms with van der Waals surface area (Å²) in [6, 6.07) is 13.5. The minimum Gasteiger partial charge on any atom is -0.481 e. The highest BCUT2D eigenvalue weighted by Crippen LogP contribution is 2.31. The lowest BCUT2D eigenvalue weighted by molar-refractivity contribution is -0.143. The summed E-state index contributed by atoms with van der Waals surface area (Å²) in [5, 5.41) is 27.1. The highest BCUT2D eigenvalue weighted by atomic mass is 35.5. The molecule has 0 saturated heterocycles. The van der Waals surface area contributed by atoms with E-state index in [1.54, 1.807) is 0 Å². The van der Waals surface area contributed by atoms with Crippen LogP contribution in [0.15, 0.2) is 36.4 Å². The van der Waals surface area contributed by atoms with Gasteiger partial charge in [-0.15, -0.1) is 0 Å². The Balaban J connectivity index is 0.000000414. The summed E-state index contributed by atoms with van der Waals surface area (Å²) in [6.07, 6.45) is 1.50. The van der Waals surface area contributed by atoms with E-state index in [1.165, 1.54) is 22.3 Å². The third-order valence-corrected chi connectivity index (χ3v) is 5.56. The molecule has 5 N–H and O–H groups in total. The van der Waals surface area contributed by atoms with Crippen LogP contribution < -0.4 is 16.0 Å². The molecule has 8 heteroatoms. The Labute approximate surface area is 200 Å². The van der Waals surface area contributed by atoms with Crippen LogP contribution in [0.2, 0.25) is 5.02 Å². The van der Waals surface area contributed by atoms with Crippen molar-refractivity contribution in [1.82, 2.24) is 10.6 Å². The monoisotopic (exact) mass is 475 g/mol. The number of fused-ring (bicyclic) bond motifs is 1. The van der Waals surface area contributed by atoms with Crippen molar-refractivity contribution in [3.8, 4) is 0 Å². The Bertz CT molecular complexity index is 903. The lowest BCUT2D eigenvalue weighted by Crippen LogP contribution is -2.21. The summed E-state index contributed by atoms with van der Waals surface area (Å²) in [5.74, 6) is -2.15. The molecule has 0 atom stereocenters. The third kappa shape index (κ3) is 9.82. The molecule has 0 unspecified atom stereocenters. The van der Waals surface area contributed by atoms with Gasteiger partial charge < -0.3 is 26.2 Å². The summed E-state index contributed by atoms with van der Waals surface area (Å²) >= 11 is 6.49. The van der Waals surface area contributed by atoms with Gasteiger partial charge in [0.15, 0.2) is 0 Å². The number of rotatable bonds is 9. The fourth-order valence-corrected chi connectivity index (χ4v) is 3.68. The third-order valence-electron chi connectivity index (χ3n) is 5.24. The average molecular weight is 476 g/mol. The van der Waals surface area contributed by atoms with Crippen molar-refractivity contribution in [3.05, 3.63) is 63.7 Å². The molecule has 0 amide bonds. The number of benzene rings is 2. The molecule has 180 valence electrons. The fraction of sp³-hybridized carbons (Fsp3) is 0.440. The van der Waals surface area contributed by atoms with Gasteiger partial charge in [0.1, 0.15) is 0 Å². The van der Waals surface area contributed by atoms with Gasteiger partial charge >= 0.3 is 11.9 Å². The molecule has 1 heterocycles. The molecule has 0 radical (unpaired) electrons. The summed E-state index contributed by atoms with van der Waals surface area (Å²) in [6.45, 7) is 8.10. The SMILES string of the molecule is CC(C)NCc1ccc(CNc2c(Cl)ccc3c2CCNCC3)cc1.O=C(O)CCC(=O)O. The second kappa shape index (κ2) is 13.8. The van der Waals surface area contributed by atoms with Gasteiger partial charge in [0.25, 0.3) is 0 Å². The largest absolute Gasteiger partial charge is 0.481 e. The number of hydrogen-bond donors (Lipinski definition) is 5. The van der Waals surface area contributed by atoms with Crippen LogP contribution in [0.3, 0.4) is 0 Å². The number of carboxylic acid groups (broad SMARTS) is 2. The number of carboxylic acids is 2. The minimum absolute atomic E-state index is 0.296. The second-order valence-electron chi connectivity index (χ2n) is 8.30. The van der Waals surface area contributed by atoms with E-state index >= 15 is 0 Å². The van der Waals surface area contributed by atoms with Crippen LogP contribution in [-0.4, -0.2) is 41.3 Å². The van der Waals surface area contributed by atoms with E-state index in [1.807, 2.05) is 6.07 Å². The maximum Gasteiger partial charge on any atom is 0.303 e. The van der Waals surface area contributed by atoms with E-state index in [4.69, 9.17) is 21.8 Å². The molecule has 1 aliphatic heterocycles. The zero-order valence-electron chi connectivity index (χ0n) is 19.3. The second-order valence-corrected chi connectivity index (χ2v) is 8.71. The number of nitrogens with one attached hydrogen (secondary N) is 3. The van der Waals surface area contributed by atoms with Gasteiger partial charge in [-0.05, 0) is 54.3 Å². The van der Waals surface area contributed by atoms with Gasteiger partial charge in [-0.3, -0.25) is 9.59 Å². The highest BCUT2D eigenvalue weighted by Gasteiger charge is 2.14. The van der Waals surface area contributed by atoms with Gasteiger partial charge in [-0.25, -0.2) is 0 Å². The van der Waals surface area contributed by atoms with Gasteiger partial charge in [0, 0.05) is 19.1 Å². The molecule has 0 spiro atoms. The van der Waals surface area contributed by atoms with Crippen LogP contribution in [0, 0.1) is 0 Å². The van der Waals surface area contributed by atoms with Crippen LogP contribution in [0.1, 0.15) is 48.9 Å². The number of anilines is 1. The first kappa shape index (κ1) is 26.6. The Hall–Kier alpha value is -2.61. The molecule has 0 fully saturated rings. The molecule has 2 aromatic rings. The zero-order chi connectivity index (χ0) is 24.2. The van der Waals surface area contributed by atoms with Crippen LogP contribution >= 0.6 is 11.6 Å². The summed E-state index contributed by atoms with van der Waals surface area (Å²) in [5.41, 5.74) is 6.47. The number of aliphatic carboxylic acids is 2. The van der Waals surface area contributed by atoms with Crippen molar-refractivity contribution < 1.29 is 19.8 Å². The normalized spacial score (nSPS) is 12.8. The van der Waals surface area contributed by atoms with E-state index in [0.29, 0.717) is 6.04 Å². The first-order valence-electron chi connectivity index (χ1n) is 11.3. The predicted octanol–water partition coefficient (Wildman–Crippen LogP) is 4.07. The van der Waals surface area contributed by atoms with Gasteiger partial charge in [-0.1, -0.05) is 55.8 Å². The molecular formula is C25H34ClN3O4. The quantitative estimate of drug-likeness (QED) is 0.371. The summed E-state index contributed by atoms with van der Waals surface area (Å²) in [4.78, 5) is 19.3. The fourth-order valence-electron chi connectivity index (χ4n) is 3.44. The Morgan fingerprint density at radius 3 is 2.09 bits per heavy atom. The average Bonchev–Trinajstić information content (AvgIpc) is 3.02. The predicted molar refractivity (Wildman–Crippen MR) is 132 cm³/mol. The van der Waals surface area contributed by atoms with E-state index < -0.39 is 11.9 Å². The number of carbonyl (C=O) groups is 2. The standard InChI is InChI=1S/C21H28ClN3.C4H6O4/c1-15(2)24-13-16-3-5-17(6-4-16)14-25-21-19-10-12-23-11-9-18(19)7-8-20(21)22;5-3(6)1-2-4(7)8/h3-8,15,23-25H,9-14H2,1-2H3;1-2H2,(H,5,6)(H,7,8). The molecule has 7 nitrogen and oxygen atoms in total. The zero-order valence-corrected chi connectivity index (χ0v) is 20.0. The van der Waals surface area contributed by atoms with Crippen LogP contribution in [0.25, 0.3) is 0 Å². The van der Waals surface area contributed by atoms with Gasteiger partial charge in [0.05, 0.1) is 23.6 Å². The molecule has 0 aliphatic carbocycles. The lowest BCUT2D eigenvalue weighted by atomic mass is 10.0. The van der Waals surface area contributed by atoms with E-state index in [0.717, 1.165) is 49.7 Å². The van der Waals surface area contributed by atoms with Crippen molar-refractivity contribution in [2.45, 2.75) is 58.7 Å². The molecule has 1 aliphatic rings.